The molecule has 0 spiro atoms. The first-order valence-corrected chi connectivity index (χ1v) is 6.42. The second-order valence-corrected chi connectivity index (χ2v) is 5.04. The molecule has 0 aliphatic heterocycles. The van der Waals surface area contributed by atoms with Crippen LogP contribution in [0.4, 0.5) is 0 Å². The van der Waals surface area contributed by atoms with E-state index in [1.54, 1.807) is 13.0 Å². The van der Waals surface area contributed by atoms with Crippen molar-refractivity contribution in [2.45, 2.75) is 20.4 Å². The molecule has 0 amide bonds. The standard InChI is InChI=1S/C16H15NO3/c1-10-3-4-14-12(7-10)5-6-17(14)9-13-8-11(2)15(20-13)16(18)19/h3-8H,9H2,1-2H3,(H,18,19). The monoisotopic (exact) mass is 269 g/mol. The largest absolute Gasteiger partial charge is 0.475 e. The fourth-order valence-corrected chi connectivity index (χ4v) is 2.46. The van der Waals surface area contributed by atoms with Gasteiger partial charge in [0.05, 0.1) is 6.54 Å². The Bertz CT molecular complexity index is 795. The van der Waals surface area contributed by atoms with Crippen molar-refractivity contribution in [3.63, 3.8) is 0 Å². The molecule has 20 heavy (non-hydrogen) atoms. The number of aryl methyl sites for hydroxylation is 2. The van der Waals surface area contributed by atoms with E-state index in [0.717, 1.165) is 5.52 Å². The average molecular weight is 269 g/mol. The first-order chi connectivity index (χ1) is 9.54. The number of aromatic nitrogens is 1. The number of rotatable bonds is 3. The summed E-state index contributed by atoms with van der Waals surface area (Å²) < 4.78 is 7.46. The molecule has 0 radical (unpaired) electrons. The first-order valence-electron chi connectivity index (χ1n) is 6.42. The maximum Gasteiger partial charge on any atom is 0.372 e. The number of carbonyl (C=O) groups is 1. The molecule has 0 aliphatic carbocycles. The Morgan fingerprint density at radius 1 is 1.25 bits per heavy atom. The molecule has 0 bridgehead atoms. The lowest BCUT2D eigenvalue weighted by molar-refractivity contribution is 0.0659. The van der Waals surface area contributed by atoms with E-state index in [-0.39, 0.29) is 5.76 Å². The number of aromatic carboxylic acids is 1. The highest BCUT2D eigenvalue weighted by atomic mass is 16.4. The van der Waals surface area contributed by atoms with E-state index in [1.165, 1.54) is 10.9 Å². The van der Waals surface area contributed by atoms with Crippen LogP contribution in [-0.2, 0) is 6.54 Å². The van der Waals surface area contributed by atoms with E-state index in [1.807, 2.05) is 6.20 Å². The second kappa shape index (κ2) is 4.56. The molecule has 4 heteroatoms. The molecule has 0 aliphatic rings. The van der Waals surface area contributed by atoms with Gasteiger partial charge in [-0.1, -0.05) is 11.6 Å². The van der Waals surface area contributed by atoms with Gasteiger partial charge in [0.2, 0.25) is 5.76 Å². The third-order valence-corrected chi connectivity index (χ3v) is 3.42. The van der Waals surface area contributed by atoms with Crippen LogP contribution in [0.5, 0.6) is 0 Å². The number of carboxylic acid groups (broad SMARTS) is 1. The fourth-order valence-electron chi connectivity index (χ4n) is 2.46. The second-order valence-electron chi connectivity index (χ2n) is 5.04. The topological polar surface area (TPSA) is 55.4 Å². The Morgan fingerprint density at radius 3 is 2.75 bits per heavy atom. The number of hydrogen-bond donors (Lipinski definition) is 1. The molecule has 0 unspecified atom stereocenters. The maximum absolute atomic E-state index is 11.0. The molecule has 0 saturated heterocycles. The summed E-state index contributed by atoms with van der Waals surface area (Å²) in [7, 11) is 0. The zero-order valence-corrected chi connectivity index (χ0v) is 11.4. The van der Waals surface area contributed by atoms with Gasteiger partial charge in [-0.25, -0.2) is 4.79 Å². The molecule has 102 valence electrons. The Kier molecular flexibility index (Phi) is 2.86. The normalized spacial score (nSPS) is 11.1. The summed E-state index contributed by atoms with van der Waals surface area (Å²) in [6, 6.07) is 10.1. The minimum atomic E-state index is -1.03. The minimum absolute atomic E-state index is 0.0207. The van der Waals surface area contributed by atoms with Crippen LogP contribution in [0.3, 0.4) is 0 Å². The molecule has 4 nitrogen and oxygen atoms in total. The zero-order valence-electron chi connectivity index (χ0n) is 11.4. The molecule has 1 aromatic carbocycles. The Hall–Kier alpha value is -2.49. The van der Waals surface area contributed by atoms with Gasteiger partial charge in [0.15, 0.2) is 0 Å². The van der Waals surface area contributed by atoms with E-state index < -0.39 is 5.97 Å². The van der Waals surface area contributed by atoms with Crippen molar-refractivity contribution in [2.75, 3.05) is 0 Å². The predicted octanol–water partition coefficient (Wildman–Crippen LogP) is 3.60. The van der Waals surface area contributed by atoms with Gasteiger partial charge in [-0.05, 0) is 43.5 Å². The van der Waals surface area contributed by atoms with Crippen LogP contribution >= 0.6 is 0 Å². The van der Waals surface area contributed by atoms with Gasteiger partial charge in [0.1, 0.15) is 5.76 Å². The van der Waals surface area contributed by atoms with Crippen molar-refractivity contribution in [3.05, 3.63) is 59.2 Å². The summed E-state index contributed by atoms with van der Waals surface area (Å²) in [5, 5.41) is 10.2. The molecule has 3 rings (SSSR count). The van der Waals surface area contributed by atoms with Crippen LogP contribution < -0.4 is 0 Å². The molecule has 2 heterocycles. The van der Waals surface area contributed by atoms with Crippen LogP contribution in [0.25, 0.3) is 10.9 Å². The van der Waals surface area contributed by atoms with Gasteiger partial charge in [0, 0.05) is 17.3 Å². The SMILES string of the molecule is Cc1ccc2c(ccn2Cc2cc(C)c(C(=O)O)o2)c1. The molecule has 2 aromatic heterocycles. The number of fused-ring (bicyclic) bond motifs is 1. The van der Waals surface area contributed by atoms with Crippen molar-refractivity contribution in [1.29, 1.82) is 0 Å². The zero-order chi connectivity index (χ0) is 14.3. The molecule has 0 atom stereocenters. The summed E-state index contributed by atoms with van der Waals surface area (Å²) in [6.07, 6.45) is 1.99. The third-order valence-electron chi connectivity index (χ3n) is 3.42. The summed E-state index contributed by atoms with van der Waals surface area (Å²) in [6.45, 7) is 4.33. The minimum Gasteiger partial charge on any atom is -0.475 e. The lowest BCUT2D eigenvalue weighted by Gasteiger charge is -2.03. The van der Waals surface area contributed by atoms with Crippen molar-refractivity contribution in [1.82, 2.24) is 4.57 Å². The van der Waals surface area contributed by atoms with Gasteiger partial charge in [-0.2, -0.15) is 0 Å². The Balaban J connectivity index is 1.97. The molecule has 0 saturated carbocycles. The van der Waals surface area contributed by atoms with E-state index in [0.29, 0.717) is 17.9 Å². The van der Waals surface area contributed by atoms with E-state index >= 15 is 0 Å². The highest BCUT2D eigenvalue weighted by molar-refractivity contribution is 5.86. The van der Waals surface area contributed by atoms with Gasteiger partial charge >= 0.3 is 5.97 Å². The third kappa shape index (κ3) is 2.09. The number of hydrogen-bond acceptors (Lipinski definition) is 2. The molecule has 0 fully saturated rings. The lowest BCUT2D eigenvalue weighted by atomic mass is 10.2. The molecular weight excluding hydrogens is 254 g/mol. The Labute approximate surface area is 116 Å². The van der Waals surface area contributed by atoms with Crippen LogP contribution in [0.1, 0.15) is 27.4 Å². The van der Waals surface area contributed by atoms with Gasteiger partial charge in [-0.3, -0.25) is 0 Å². The molecular formula is C16H15NO3. The predicted molar refractivity (Wildman–Crippen MR) is 76.2 cm³/mol. The van der Waals surface area contributed by atoms with E-state index in [2.05, 4.69) is 35.8 Å². The van der Waals surface area contributed by atoms with Crippen molar-refractivity contribution < 1.29 is 14.3 Å². The van der Waals surface area contributed by atoms with E-state index in [9.17, 15) is 4.79 Å². The van der Waals surface area contributed by atoms with Gasteiger partial charge < -0.3 is 14.1 Å². The smallest absolute Gasteiger partial charge is 0.372 e. The van der Waals surface area contributed by atoms with E-state index in [4.69, 9.17) is 9.52 Å². The van der Waals surface area contributed by atoms with Gasteiger partial charge in [0.25, 0.3) is 0 Å². The van der Waals surface area contributed by atoms with Crippen LogP contribution in [0.15, 0.2) is 40.9 Å². The highest BCUT2D eigenvalue weighted by Gasteiger charge is 2.14. The van der Waals surface area contributed by atoms with Crippen molar-refractivity contribution in [3.8, 4) is 0 Å². The van der Waals surface area contributed by atoms with Gasteiger partial charge in [-0.15, -0.1) is 0 Å². The summed E-state index contributed by atoms with van der Waals surface area (Å²) >= 11 is 0. The van der Waals surface area contributed by atoms with Crippen LogP contribution in [0, 0.1) is 13.8 Å². The highest BCUT2D eigenvalue weighted by Crippen LogP contribution is 2.21. The first kappa shape index (κ1) is 12.5. The number of benzene rings is 1. The summed E-state index contributed by atoms with van der Waals surface area (Å²) in [5.41, 5.74) is 2.98. The van der Waals surface area contributed by atoms with Crippen molar-refractivity contribution >= 4 is 16.9 Å². The molecule has 3 aromatic rings. The number of nitrogens with zero attached hydrogens (tertiary/aromatic N) is 1. The average Bonchev–Trinajstić information content (AvgIpc) is 2.94. The molecule has 1 N–H and O–H groups in total. The number of carboxylic acids is 1. The lowest BCUT2D eigenvalue weighted by Crippen LogP contribution is -1.97. The number of furan rings is 1. The van der Waals surface area contributed by atoms with Crippen LogP contribution in [-0.4, -0.2) is 15.6 Å². The summed E-state index contributed by atoms with van der Waals surface area (Å²) in [4.78, 5) is 11.0. The van der Waals surface area contributed by atoms with Crippen molar-refractivity contribution in [2.24, 2.45) is 0 Å². The fraction of sp³-hybridized carbons (Fsp3) is 0.188. The Morgan fingerprint density at radius 2 is 2.05 bits per heavy atom. The van der Waals surface area contributed by atoms with Crippen LogP contribution in [0.2, 0.25) is 0 Å². The quantitative estimate of drug-likeness (QED) is 0.790. The summed E-state index contributed by atoms with van der Waals surface area (Å²) in [5.74, 6) is -0.355. The maximum atomic E-state index is 11.0.